The number of carbonyl (C=O) groups excluding carboxylic acids is 1. The Morgan fingerprint density at radius 2 is 1.84 bits per heavy atom. The summed E-state index contributed by atoms with van der Waals surface area (Å²) >= 11 is 0. The standard InChI is InChI=1S/C24H22FNO5/c25-17-4-6-18(7-5-17)30-15-19-8-10-22(31-19)24(27)26-11-1-2-20(26)16-3-9-21-23(14-16)29-13-12-28-21/h3-10,14,20H,1-2,11-13,15H2. The van der Waals surface area contributed by atoms with Crippen molar-refractivity contribution in [2.24, 2.45) is 0 Å². The molecule has 1 saturated heterocycles. The number of furan rings is 1. The summed E-state index contributed by atoms with van der Waals surface area (Å²) in [7, 11) is 0. The molecule has 0 radical (unpaired) electrons. The zero-order valence-corrected chi connectivity index (χ0v) is 16.9. The first-order chi connectivity index (χ1) is 15.2. The maximum Gasteiger partial charge on any atom is 0.290 e. The highest BCUT2D eigenvalue weighted by Crippen LogP contribution is 2.38. The van der Waals surface area contributed by atoms with E-state index in [0.717, 1.165) is 29.9 Å². The zero-order valence-electron chi connectivity index (χ0n) is 16.9. The van der Waals surface area contributed by atoms with E-state index in [-0.39, 0.29) is 30.1 Å². The van der Waals surface area contributed by atoms with Gasteiger partial charge in [-0.3, -0.25) is 4.79 Å². The van der Waals surface area contributed by atoms with Crippen LogP contribution in [0.1, 0.15) is 40.8 Å². The second kappa shape index (κ2) is 8.34. The van der Waals surface area contributed by atoms with Crippen LogP contribution in [0.3, 0.4) is 0 Å². The first kappa shape index (κ1) is 19.5. The lowest BCUT2D eigenvalue weighted by molar-refractivity contribution is 0.0698. The molecule has 2 aliphatic heterocycles. The summed E-state index contributed by atoms with van der Waals surface area (Å²) in [4.78, 5) is 15.0. The Bertz CT molecular complexity index is 1080. The van der Waals surface area contributed by atoms with Gasteiger partial charge in [0.1, 0.15) is 37.1 Å². The highest BCUT2D eigenvalue weighted by atomic mass is 19.1. The zero-order chi connectivity index (χ0) is 21.2. The van der Waals surface area contributed by atoms with Crippen LogP contribution in [0.5, 0.6) is 17.2 Å². The van der Waals surface area contributed by atoms with Crippen LogP contribution in [-0.2, 0) is 6.61 Å². The van der Waals surface area contributed by atoms with Gasteiger partial charge in [-0.05, 0) is 66.9 Å². The molecule has 1 unspecified atom stereocenters. The SMILES string of the molecule is O=C(c1ccc(COc2ccc(F)cc2)o1)N1CCCC1c1ccc2c(c1)OCCO2. The quantitative estimate of drug-likeness (QED) is 0.593. The van der Waals surface area contributed by atoms with E-state index in [1.165, 1.54) is 12.1 Å². The number of hydrogen-bond acceptors (Lipinski definition) is 5. The van der Waals surface area contributed by atoms with Gasteiger partial charge in [-0.1, -0.05) is 6.07 Å². The summed E-state index contributed by atoms with van der Waals surface area (Å²) in [5, 5.41) is 0. The molecule has 0 aliphatic carbocycles. The van der Waals surface area contributed by atoms with Gasteiger partial charge in [0.2, 0.25) is 0 Å². The van der Waals surface area contributed by atoms with Crippen molar-refractivity contribution in [1.82, 2.24) is 4.90 Å². The lowest BCUT2D eigenvalue weighted by atomic mass is 10.0. The second-order valence-electron chi connectivity index (χ2n) is 7.57. The van der Waals surface area contributed by atoms with Crippen LogP contribution in [-0.4, -0.2) is 30.6 Å². The molecular weight excluding hydrogens is 401 g/mol. The van der Waals surface area contributed by atoms with Gasteiger partial charge in [0.15, 0.2) is 17.3 Å². The Hall–Kier alpha value is -3.48. The number of amides is 1. The minimum Gasteiger partial charge on any atom is -0.486 e. The van der Waals surface area contributed by atoms with Crippen LogP contribution < -0.4 is 14.2 Å². The van der Waals surface area contributed by atoms with Gasteiger partial charge in [-0.25, -0.2) is 4.39 Å². The number of likely N-dealkylation sites (tertiary alicyclic amines) is 1. The van der Waals surface area contributed by atoms with Crippen LogP contribution in [0.2, 0.25) is 0 Å². The van der Waals surface area contributed by atoms with Crippen molar-refractivity contribution in [3.8, 4) is 17.2 Å². The predicted octanol–water partition coefficient (Wildman–Crippen LogP) is 4.75. The summed E-state index contributed by atoms with van der Waals surface area (Å²) in [6.07, 6.45) is 1.80. The first-order valence-corrected chi connectivity index (χ1v) is 10.3. The Balaban J connectivity index is 1.27. The summed E-state index contributed by atoms with van der Waals surface area (Å²) in [5.41, 5.74) is 1.03. The molecule has 3 heterocycles. The Morgan fingerprint density at radius 1 is 1.03 bits per heavy atom. The molecule has 7 heteroatoms. The van der Waals surface area contributed by atoms with E-state index in [0.29, 0.717) is 31.3 Å². The average molecular weight is 423 g/mol. The lowest BCUT2D eigenvalue weighted by Crippen LogP contribution is -2.30. The summed E-state index contributed by atoms with van der Waals surface area (Å²) < 4.78 is 35.6. The summed E-state index contributed by atoms with van der Waals surface area (Å²) in [5.74, 6) is 2.33. The van der Waals surface area contributed by atoms with Gasteiger partial charge in [-0.15, -0.1) is 0 Å². The van der Waals surface area contributed by atoms with Gasteiger partial charge in [0, 0.05) is 6.54 Å². The van der Waals surface area contributed by atoms with E-state index in [1.807, 2.05) is 23.1 Å². The molecule has 1 amide bonds. The maximum absolute atomic E-state index is 13.1. The monoisotopic (exact) mass is 423 g/mol. The average Bonchev–Trinajstić information content (AvgIpc) is 3.48. The summed E-state index contributed by atoms with van der Waals surface area (Å²) in [6.45, 7) is 1.90. The Labute approximate surface area is 179 Å². The summed E-state index contributed by atoms with van der Waals surface area (Å²) in [6, 6.07) is 15.0. The highest BCUT2D eigenvalue weighted by Gasteiger charge is 2.33. The van der Waals surface area contributed by atoms with Crippen molar-refractivity contribution in [2.75, 3.05) is 19.8 Å². The van der Waals surface area contributed by atoms with E-state index >= 15 is 0 Å². The Morgan fingerprint density at radius 3 is 2.68 bits per heavy atom. The second-order valence-corrected chi connectivity index (χ2v) is 7.57. The fourth-order valence-corrected chi connectivity index (χ4v) is 4.02. The maximum atomic E-state index is 13.1. The molecule has 5 rings (SSSR count). The van der Waals surface area contributed by atoms with Crippen molar-refractivity contribution >= 4 is 5.91 Å². The van der Waals surface area contributed by atoms with Crippen LogP contribution in [0.25, 0.3) is 0 Å². The van der Waals surface area contributed by atoms with E-state index in [4.69, 9.17) is 18.6 Å². The third kappa shape index (κ3) is 4.08. The van der Waals surface area contributed by atoms with Gasteiger partial charge in [-0.2, -0.15) is 0 Å². The van der Waals surface area contributed by atoms with E-state index < -0.39 is 0 Å². The number of ether oxygens (including phenoxy) is 3. The van der Waals surface area contributed by atoms with Crippen molar-refractivity contribution in [3.05, 3.63) is 77.5 Å². The van der Waals surface area contributed by atoms with Crippen molar-refractivity contribution in [3.63, 3.8) is 0 Å². The number of carbonyl (C=O) groups is 1. The van der Waals surface area contributed by atoms with Gasteiger partial charge >= 0.3 is 0 Å². The number of fused-ring (bicyclic) bond motifs is 1. The van der Waals surface area contributed by atoms with Crippen molar-refractivity contribution in [2.45, 2.75) is 25.5 Å². The fraction of sp³-hybridized carbons (Fsp3) is 0.292. The largest absolute Gasteiger partial charge is 0.486 e. The molecular formula is C24H22FNO5. The third-order valence-electron chi connectivity index (χ3n) is 5.53. The van der Waals surface area contributed by atoms with Crippen LogP contribution in [0, 0.1) is 5.82 Å². The van der Waals surface area contributed by atoms with Crippen LogP contribution >= 0.6 is 0 Å². The minimum absolute atomic E-state index is 0.0349. The number of benzene rings is 2. The normalized spacial score (nSPS) is 17.6. The van der Waals surface area contributed by atoms with Gasteiger partial charge < -0.3 is 23.5 Å². The molecule has 0 spiro atoms. The Kier molecular flexibility index (Phi) is 5.24. The molecule has 0 bridgehead atoms. The molecule has 1 aromatic heterocycles. The molecule has 6 nitrogen and oxygen atoms in total. The van der Waals surface area contributed by atoms with E-state index in [2.05, 4.69) is 0 Å². The van der Waals surface area contributed by atoms with Crippen molar-refractivity contribution in [1.29, 1.82) is 0 Å². The fourth-order valence-electron chi connectivity index (χ4n) is 4.02. The van der Waals surface area contributed by atoms with E-state index in [1.54, 1.807) is 24.3 Å². The predicted molar refractivity (Wildman–Crippen MR) is 110 cm³/mol. The molecule has 0 N–H and O–H groups in total. The van der Waals surface area contributed by atoms with Gasteiger partial charge in [0.25, 0.3) is 5.91 Å². The van der Waals surface area contributed by atoms with Gasteiger partial charge in [0.05, 0.1) is 6.04 Å². The van der Waals surface area contributed by atoms with E-state index in [9.17, 15) is 9.18 Å². The molecule has 1 atom stereocenters. The minimum atomic E-state index is -0.323. The molecule has 2 aliphatic rings. The topological polar surface area (TPSA) is 61.1 Å². The molecule has 160 valence electrons. The lowest BCUT2D eigenvalue weighted by Gasteiger charge is -2.26. The smallest absolute Gasteiger partial charge is 0.290 e. The highest BCUT2D eigenvalue weighted by molar-refractivity contribution is 5.92. The molecule has 1 fully saturated rings. The number of nitrogens with zero attached hydrogens (tertiary/aromatic N) is 1. The molecule has 3 aromatic rings. The van der Waals surface area contributed by atoms with Crippen LogP contribution in [0.15, 0.2) is 59.0 Å². The molecule has 31 heavy (non-hydrogen) atoms. The third-order valence-corrected chi connectivity index (χ3v) is 5.53. The first-order valence-electron chi connectivity index (χ1n) is 10.3. The molecule has 0 saturated carbocycles. The number of rotatable bonds is 5. The molecule has 2 aromatic carbocycles. The van der Waals surface area contributed by atoms with Crippen LogP contribution in [0.4, 0.5) is 4.39 Å². The number of halogens is 1. The number of hydrogen-bond donors (Lipinski definition) is 0. The van der Waals surface area contributed by atoms with Crippen molar-refractivity contribution < 1.29 is 27.8 Å².